The molecule has 0 atom stereocenters. The molecular weight excluding hydrogens is 272 g/mol. The minimum atomic E-state index is -0.618. The maximum Gasteiger partial charge on any atom is 0.310 e. The summed E-state index contributed by atoms with van der Waals surface area (Å²) in [5.41, 5.74) is 0.356. The smallest absolute Gasteiger partial charge is 0.310 e. The van der Waals surface area contributed by atoms with E-state index in [1.807, 2.05) is 6.07 Å². The summed E-state index contributed by atoms with van der Waals surface area (Å²) in [6.07, 6.45) is -0.119. The van der Waals surface area contributed by atoms with Crippen LogP contribution < -0.4 is 0 Å². The summed E-state index contributed by atoms with van der Waals surface area (Å²) in [7, 11) is 0. The van der Waals surface area contributed by atoms with Crippen molar-refractivity contribution in [1.29, 1.82) is 5.26 Å². The van der Waals surface area contributed by atoms with Crippen molar-refractivity contribution in [2.75, 3.05) is 6.61 Å². The monoisotopic (exact) mass is 282 g/mol. The van der Waals surface area contributed by atoms with Crippen LogP contribution in [0, 0.1) is 21.4 Å². The molecule has 0 spiro atoms. The number of rotatable bonds is 5. The van der Waals surface area contributed by atoms with Crippen LogP contribution >= 0.6 is 11.6 Å². The first-order valence-corrected chi connectivity index (χ1v) is 5.98. The van der Waals surface area contributed by atoms with E-state index in [1.54, 1.807) is 6.92 Å². The van der Waals surface area contributed by atoms with Crippen molar-refractivity contribution in [3.8, 4) is 6.07 Å². The first-order valence-electron chi connectivity index (χ1n) is 5.45. The summed E-state index contributed by atoms with van der Waals surface area (Å²) in [5.74, 6) is -0.641. The Kier molecular flexibility index (Phi) is 5.27. The Morgan fingerprint density at radius 3 is 2.74 bits per heavy atom. The van der Waals surface area contributed by atoms with Crippen LogP contribution in [0.25, 0.3) is 0 Å². The number of alkyl halides is 1. The van der Waals surface area contributed by atoms with Gasteiger partial charge in [0.15, 0.2) is 0 Å². The molecule has 1 aromatic carbocycles. The molecule has 1 aromatic rings. The molecule has 100 valence electrons. The molecule has 0 N–H and O–H groups in total. The fourth-order valence-corrected chi connectivity index (χ4v) is 1.88. The van der Waals surface area contributed by atoms with E-state index in [-0.39, 0.29) is 35.7 Å². The van der Waals surface area contributed by atoms with Gasteiger partial charge >= 0.3 is 5.97 Å². The Hall–Kier alpha value is -2.13. The summed E-state index contributed by atoms with van der Waals surface area (Å²) >= 11 is 5.62. The lowest BCUT2D eigenvalue weighted by Crippen LogP contribution is -2.09. The lowest BCUT2D eigenvalue weighted by molar-refractivity contribution is -0.385. The van der Waals surface area contributed by atoms with Crippen LogP contribution in [-0.4, -0.2) is 17.5 Å². The SMILES string of the molecule is CCOC(=O)Cc1cc(C#N)c(CCl)c([N+](=O)[O-])c1. The van der Waals surface area contributed by atoms with Crippen molar-refractivity contribution in [3.63, 3.8) is 0 Å². The van der Waals surface area contributed by atoms with Crippen molar-refractivity contribution < 1.29 is 14.5 Å². The number of ether oxygens (including phenoxy) is 1. The highest BCUT2D eigenvalue weighted by atomic mass is 35.5. The zero-order valence-electron chi connectivity index (χ0n) is 10.2. The third-order valence-electron chi connectivity index (χ3n) is 2.39. The fraction of sp³-hybridized carbons (Fsp3) is 0.333. The summed E-state index contributed by atoms with van der Waals surface area (Å²) < 4.78 is 4.76. The number of nitrogens with zero attached hydrogens (tertiary/aromatic N) is 2. The molecule has 0 heterocycles. The zero-order chi connectivity index (χ0) is 14.4. The third-order valence-corrected chi connectivity index (χ3v) is 2.66. The van der Waals surface area contributed by atoms with E-state index < -0.39 is 10.9 Å². The number of hydrogen-bond donors (Lipinski definition) is 0. The maximum atomic E-state index is 11.3. The second-order valence-electron chi connectivity index (χ2n) is 3.63. The van der Waals surface area contributed by atoms with Gasteiger partial charge in [-0.3, -0.25) is 14.9 Å². The minimum absolute atomic E-state index is 0.100. The molecule has 7 heteroatoms. The first-order chi connectivity index (χ1) is 9.03. The Balaban J connectivity index is 3.22. The molecule has 0 aliphatic heterocycles. The Labute approximate surface area is 114 Å². The highest BCUT2D eigenvalue weighted by molar-refractivity contribution is 6.17. The average Bonchev–Trinajstić information content (AvgIpc) is 2.37. The Morgan fingerprint density at radius 1 is 1.58 bits per heavy atom. The molecule has 0 bridgehead atoms. The van der Waals surface area contributed by atoms with Gasteiger partial charge in [-0.25, -0.2) is 0 Å². The van der Waals surface area contributed by atoms with Crippen molar-refractivity contribution in [1.82, 2.24) is 0 Å². The molecule has 0 aliphatic rings. The highest BCUT2D eigenvalue weighted by Crippen LogP contribution is 2.26. The number of halogens is 1. The Morgan fingerprint density at radius 2 is 2.26 bits per heavy atom. The summed E-state index contributed by atoms with van der Waals surface area (Å²) in [4.78, 5) is 21.7. The number of carbonyl (C=O) groups excluding carboxylic acids is 1. The number of carbonyl (C=O) groups is 1. The van der Waals surface area contributed by atoms with Gasteiger partial charge in [-0.05, 0) is 18.6 Å². The van der Waals surface area contributed by atoms with Crippen molar-refractivity contribution >= 4 is 23.3 Å². The molecule has 0 unspecified atom stereocenters. The predicted octanol–water partition coefficient (Wildman–Crippen LogP) is 2.31. The van der Waals surface area contributed by atoms with Gasteiger partial charge in [0.1, 0.15) is 0 Å². The van der Waals surface area contributed by atoms with Crippen LogP contribution in [0.1, 0.15) is 23.6 Å². The van der Waals surface area contributed by atoms with E-state index in [4.69, 9.17) is 21.6 Å². The predicted molar refractivity (Wildman–Crippen MR) is 67.7 cm³/mol. The molecule has 6 nitrogen and oxygen atoms in total. The lowest BCUT2D eigenvalue weighted by Gasteiger charge is -2.06. The average molecular weight is 283 g/mol. The van der Waals surface area contributed by atoms with Gasteiger partial charge in [-0.15, -0.1) is 11.6 Å². The van der Waals surface area contributed by atoms with Crippen LogP contribution in [0.5, 0.6) is 0 Å². The van der Waals surface area contributed by atoms with Crippen LogP contribution in [0.4, 0.5) is 5.69 Å². The largest absolute Gasteiger partial charge is 0.466 e. The van der Waals surface area contributed by atoms with E-state index in [9.17, 15) is 14.9 Å². The van der Waals surface area contributed by atoms with E-state index >= 15 is 0 Å². The van der Waals surface area contributed by atoms with Gasteiger partial charge in [0.2, 0.25) is 0 Å². The first kappa shape index (κ1) is 14.9. The molecule has 19 heavy (non-hydrogen) atoms. The van der Waals surface area contributed by atoms with E-state index in [2.05, 4.69) is 0 Å². The minimum Gasteiger partial charge on any atom is -0.466 e. The van der Waals surface area contributed by atoms with Crippen LogP contribution in [0.2, 0.25) is 0 Å². The Bertz CT molecular complexity index is 551. The van der Waals surface area contributed by atoms with Crippen LogP contribution in [0.15, 0.2) is 12.1 Å². The fourth-order valence-electron chi connectivity index (χ4n) is 1.60. The van der Waals surface area contributed by atoms with Crippen molar-refractivity contribution in [2.45, 2.75) is 19.2 Å². The zero-order valence-corrected chi connectivity index (χ0v) is 10.9. The van der Waals surface area contributed by atoms with Crippen LogP contribution in [-0.2, 0) is 21.8 Å². The number of hydrogen-bond acceptors (Lipinski definition) is 5. The van der Waals surface area contributed by atoms with Gasteiger partial charge in [-0.2, -0.15) is 5.26 Å². The molecule has 0 radical (unpaired) electrons. The molecule has 0 saturated carbocycles. The normalized spacial score (nSPS) is 9.74. The molecular formula is C12H11ClN2O4. The number of nitro groups is 1. The van der Waals surface area contributed by atoms with E-state index in [0.717, 1.165) is 0 Å². The number of nitro benzene ring substituents is 1. The molecule has 1 rings (SSSR count). The van der Waals surface area contributed by atoms with Gasteiger partial charge in [0.25, 0.3) is 5.69 Å². The molecule has 0 aromatic heterocycles. The van der Waals surface area contributed by atoms with Gasteiger partial charge in [0, 0.05) is 6.07 Å². The number of nitriles is 1. The van der Waals surface area contributed by atoms with Crippen LogP contribution in [0.3, 0.4) is 0 Å². The summed E-state index contributed by atoms with van der Waals surface area (Å²) in [5, 5.41) is 19.9. The molecule has 0 aliphatic carbocycles. The molecule has 0 fully saturated rings. The second-order valence-corrected chi connectivity index (χ2v) is 3.89. The summed E-state index contributed by atoms with van der Waals surface area (Å²) in [6, 6.07) is 4.51. The molecule has 0 saturated heterocycles. The second kappa shape index (κ2) is 6.71. The van der Waals surface area contributed by atoms with Gasteiger partial charge in [0.05, 0.1) is 41.0 Å². The topological polar surface area (TPSA) is 93.2 Å². The van der Waals surface area contributed by atoms with Gasteiger partial charge in [-0.1, -0.05) is 0 Å². The quantitative estimate of drug-likeness (QED) is 0.357. The maximum absolute atomic E-state index is 11.3. The molecule has 0 amide bonds. The van der Waals surface area contributed by atoms with Gasteiger partial charge < -0.3 is 4.74 Å². The highest BCUT2D eigenvalue weighted by Gasteiger charge is 2.20. The number of esters is 1. The third kappa shape index (κ3) is 3.66. The van der Waals surface area contributed by atoms with Crippen molar-refractivity contribution in [3.05, 3.63) is 38.9 Å². The van der Waals surface area contributed by atoms with E-state index in [1.165, 1.54) is 12.1 Å². The lowest BCUT2D eigenvalue weighted by atomic mass is 10.0. The van der Waals surface area contributed by atoms with Crippen molar-refractivity contribution in [2.24, 2.45) is 0 Å². The van der Waals surface area contributed by atoms with E-state index in [0.29, 0.717) is 5.56 Å². The summed E-state index contributed by atoms with van der Waals surface area (Å²) in [6.45, 7) is 1.89. The number of benzene rings is 1. The standard InChI is InChI=1S/C12H11ClN2O4/c1-2-19-12(16)5-8-3-9(7-14)10(6-13)11(4-8)15(17)18/h3-4H,2,5-6H2,1H3.